The Balaban J connectivity index is 1.36. The lowest BCUT2D eigenvalue weighted by atomic mass is 10.1. The van der Waals surface area contributed by atoms with Crippen molar-refractivity contribution >= 4 is 23.4 Å². The van der Waals surface area contributed by atoms with Crippen LogP contribution in [0.25, 0.3) is 0 Å². The number of nitrogens with one attached hydrogen (secondary N) is 1. The Hall–Kier alpha value is -2.71. The van der Waals surface area contributed by atoms with Gasteiger partial charge in [0.05, 0.1) is 23.7 Å². The molecule has 9 heteroatoms. The summed E-state index contributed by atoms with van der Waals surface area (Å²) in [5.74, 6) is -0.678. The monoisotopic (exact) mass is 437 g/mol. The highest BCUT2D eigenvalue weighted by atomic mass is 35.5. The molecule has 1 aliphatic heterocycles. The second-order valence-electron chi connectivity index (χ2n) is 6.84. The fourth-order valence-corrected chi connectivity index (χ4v) is 3.34. The summed E-state index contributed by atoms with van der Waals surface area (Å²) in [6.07, 6.45) is 0. The minimum absolute atomic E-state index is 0.0877. The maximum atomic E-state index is 13.2. The van der Waals surface area contributed by atoms with Gasteiger partial charge in [-0.15, -0.1) is 0 Å². The fourth-order valence-electron chi connectivity index (χ4n) is 3.09. The van der Waals surface area contributed by atoms with Gasteiger partial charge in [-0.2, -0.15) is 0 Å². The van der Waals surface area contributed by atoms with E-state index in [9.17, 15) is 18.4 Å². The summed E-state index contributed by atoms with van der Waals surface area (Å²) in [6.45, 7) is 2.82. The first kappa shape index (κ1) is 22.0. The van der Waals surface area contributed by atoms with Gasteiger partial charge in [-0.1, -0.05) is 11.6 Å². The van der Waals surface area contributed by atoms with E-state index in [0.29, 0.717) is 38.5 Å². The van der Waals surface area contributed by atoms with E-state index < -0.39 is 5.82 Å². The third-order valence-corrected chi connectivity index (χ3v) is 5.01. The van der Waals surface area contributed by atoms with E-state index in [-0.39, 0.29) is 41.4 Å². The standard InChI is InChI=1S/C21H22ClF2N3O3/c22-19-13-16(24)3-6-18(19)21(29)27-10-8-26(9-11-27)14-20(28)25-7-12-30-17-4-1-15(23)2-5-17/h1-6,13H,7-12,14H2,(H,25,28). The molecule has 0 atom stereocenters. The molecule has 0 radical (unpaired) electrons. The van der Waals surface area contributed by atoms with Gasteiger partial charge in [0.25, 0.3) is 5.91 Å². The number of piperazine rings is 1. The number of nitrogens with zero attached hydrogens (tertiary/aromatic N) is 2. The van der Waals surface area contributed by atoms with Gasteiger partial charge in [0, 0.05) is 26.2 Å². The van der Waals surface area contributed by atoms with Gasteiger partial charge in [-0.25, -0.2) is 8.78 Å². The quantitative estimate of drug-likeness (QED) is 0.676. The molecule has 1 aliphatic rings. The van der Waals surface area contributed by atoms with E-state index in [1.54, 1.807) is 4.90 Å². The van der Waals surface area contributed by atoms with Crippen LogP contribution in [-0.4, -0.2) is 67.5 Å². The number of ether oxygens (including phenoxy) is 1. The van der Waals surface area contributed by atoms with Gasteiger partial charge < -0.3 is 15.0 Å². The Bertz CT molecular complexity index is 888. The highest BCUT2D eigenvalue weighted by molar-refractivity contribution is 6.33. The van der Waals surface area contributed by atoms with Crippen molar-refractivity contribution < 1.29 is 23.1 Å². The first-order valence-electron chi connectivity index (χ1n) is 9.54. The van der Waals surface area contributed by atoms with Crippen LogP contribution in [0.1, 0.15) is 10.4 Å². The molecule has 0 saturated carbocycles. The lowest BCUT2D eigenvalue weighted by Gasteiger charge is -2.34. The van der Waals surface area contributed by atoms with Crippen molar-refractivity contribution in [1.82, 2.24) is 15.1 Å². The third kappa shape index (κ3) is 6.14. The van der Waals surface area contributed by atoms with Crippen LogP contribution in [0.15, 0.2) is 42.5 Å². The normalized spacial score (nSPS) is 14.4. The number of carbonyl (C=O) groups excluding carboxylic acids is 2. The summed E-state index contributed by atoms with van der Waals surface area (Å²) in [5, 5.41) is 2.86. The number of hydrogen-bond acceptors (Lipinski definition) is 4. The van der Waals surface area contributed by atoms with Crippen LogP contribution in [0.3, 0.4) is 0 Å². The predicted octanol–water partition coefficient (Wildman–Crippen LogP) is 2.57. The second kappa shape index (κ2) is 10.4. The third-order valence-electron chi connectivity index (χ3n) is 4.69. The molecular weight excluding hydrogens is 416 g/mol. The number of amides is 2. The second-order valence-corrected chi connectivity index (χ2v) is 7.25. The van der Waals surface area contributed by atoms with E-state index in [0.717, 1.165) is 6.07 Å². The average Bonchev–Trinajstić information content (AvgIpc) is 2.73. The van der Waals surface area contributed by atoms with Crippen LogP contribution < -0.4 is 10.1 Å². The van der Waals surface area contributed by atoms with E-state index >= 15 is 0 Å². The minimum atomic E-state index is -0.490. The lowest BCUT2D eigenvalue weighted by Crippen LogP contribution is -2.51. The van der Waals surface area contributed by atoms with E-state index in [4.69, 9.17) is 16.3 Å². The van der Waals surface area contributed by atoms with Crippen molar-refractivity contribution in [2.75, 3.05) is 45.9 Å². The fraction of sp³-hybridized carbons (Fsp3) is 0.333. The molecule has 6 nitrogen and oxygen atoms in total. The predicted molar refractivity (Wildman–Crippen MR) is 109 cm³/mol. The summed E-state index contributed by atoms with van der Waals surface area (Å²) < 4.78 is 31.4. The first-order chi connectivity index (χ1) is 14.4. The zero-order valence-electron chi connectivity index (χ0n) is 16.2. The first-order valence-corrected chi connectivity index (χ1v) is 9.92. The average molecular weight is 438 g/mol. The Morgan fingerprint density at radius 1 is 1.00 bits per heavy atom. The molecule has 1 N–H and O–H groups in total. The largest absolute Gasteiger partial charge is 0.492 e. The molecule has 1 fully saturated rings. The zero-order valence-corrected chi connectivity index (χ0v) is 17.0. The number of halogens is 3. The zero-order chi connectivity index (χ0) is 21.5. The van der Waals surface area contributed by atoms with Crippen molar-refractivity contribution in [2.24, 2.45) is 0 Å². The van der Waals surface area contributed by atoms with Crippen molar-refractivity contribution in [3.63, 3.8) is 0 Å². The van der Waals surface area contributed by atoms with Gasteiger partial charge in [-0.3, -0.25) is 14.5 Å². The maximum absolute atomic E-state index is 13.2. The topological polar surface area (TPSA) is 61.9 Å². The molecule has 2 aromatic rings. The van der Waals surface area contributed by atoms with Crippen LogP contribution in [-0.2, 0) is 4.79 Å². The maximum Gasteiger partial charge on any atom is 0.255 e. The number of benzene rings is 2. The van der Waals surface area contributed by atoms with Gasteiger partial charge in [0.15, 0.2) is 0 Å². The molecule has 1 heterocycles. The van der Waals surface area contributed by atoms with Gasteiger partial charge in [0.2, 0.25) is 5.91 Å². The molecule has 2 amide bonds. The van der Waals surface area contributed by atoms with E-state index in [1.807, 2.05) is 4.90 Å². The molecule has 0 spiro atoms. The molecular formula is C21H22ClF2N3O3. The van der Waals surface area contributed by atoms with Crippen molar-refractivity contribution in [2.45, 2.75) is 0 Å². The van der Waals surface area contributed by atoms with Crippen molar-refractivity contribution in [3.05, 3.63) is 64.7 Å². The SMILES string of the molecule is O=C(CN1CCN(C(=O)c2ccc(F)cc2Cl)CC1)NCCOc1ccc(F)cc1. The summed E-state index contributed by atoms with van der Waals surface area (Å²) in [6, 6.07) is 9.38. The molecule has 30 heavy (non-hydrogen) atoms. The highest BCUT2D eigenvalue weighted by Crippen LogP contribution is 2.20. The number of hydrogen-bond donors (Lipinski definition) is 1. The summed E-state index contributed by atoms with van der Waals surface area (Å²) in [5.41, 5.74) is 0.269. The Labute approximate surface area is 178 Å². The van der Waals surface area contributed by atoms with Crippen LogP contribution in [0, 0.1) is 11.6 Å². The number of carbonyl (C=O) groups is 2. The van der Waals surface area contributed by atoms with Crippen molar-refractivity contribution in [1.29, 1.82) is 0 Å². The summed E-state index contributed by atoms with van der Waals surface area (Å²) in [4.78, 5) is 28.2. The van der Waals surface area contributed by atoms with E-state index in [1.165, 1.54) is 36.4 Å². The molecule has 0 aliphatic carbocycles. The molecule has 0 unspecified atom stereocenters. The molecule has 3 rings (SSSR count). The van der Waals surface area contributed by atoms with Crippen LogP contribution in [0.2, 0.25) is 5.02 Å². The lowest BCUT2D eigenvalue weighted by molar-refractivity contribution is -0.122. The summed E-state index contributed by atoms with van der Waals surface area (Å²) in [7, 11) is 0. The van der Waals surface area contributed by atoms with Gasteiger partial charge >= 0.3 is 0 Å². The van der Waals surface area contributed by atoms with Crippen LogP contribution >= 0.6 is 11.6 Å². The van der Waals surface area contributed by atoms with Gasteiger partial charge in [-0.05, 0) is 42.5 Å². The highest BCUT2D eigenvalue weighted by Gasteiger charge is 2.24. The van der Waals surface area contributed by atoms with Crippen LogP contribution in [0.4, 0.5) is 8.78 Å². The molecule has 160 valence electrons. The minimum Gasteiger partial charge on any atom is -0.492 e. The van der Waals surface area contributed by atoms with Crippen molar-refractivity contribution in [3.8, 4) is 5.75 Å². The Kier molecular flexibility index (Phi) is 7.59. The molecule has 1 saturated heterocycles. The Morgan fingerprint density at radius 3 is 2.33 bits per heavy atom. The van der Waals surface area contributed by atoms with Crippen LogP contribution in [0.5, 0.6) is 5.75 Å². The Morgan fingerprint density at radius 2 is 1.67 bits per heavy atom. The molecule has 0 aromatic heterocycles. The molecule has 2 aromatic carbocycles. The number of rotatable bonds is 7. The summed E-state index contributed by atoms with van der Waals surface area (Å²) >= 11 is 5.97. The van der Waals surface area contributed by atoms with Gasteiger partial charge in [0.1, 0.15) is 24.0 Å². The smallest absolute Gasteiger partial charge is 0.255 e. The van der Waals surface area contributed by atoms with E-state index in [2.05, 4.69) is 5.32 Å². The molecule has 0 bridgehead atoms.